The molecule has 1 amide bonds. The van der Waals surface area contributed by atoms with Gasteiger partial charge in [-0.1, -0.05) is 41.0 Å². The minimum Gasteiger partial charge on any atom is -0.495 e. The van der Waals surface area contributed by atoms with Gasteiger partial charge in [0.2, 0.25) is 0 Å². The molecule has 1 fully saturated rings. The second-order valence-electron chi connectivity index (χ2n) is 9.69. The number of pyridine rings is 1. The van der Waals surface area contributed by atoms with Crippen LogP contribution < -0.4 is 15.2 Å². The summed E-state index contributed by atoms with van der Waals surface area (Å²) in [4.78, 5) is 40.7. The minimum atomic E-state index is -3.78. The Morgan fingerprint density at radius 1 is 1.25 bits per heavy atom. The number of aldehydes is 1. The van der Waals surface area contributed by atoms with Gasteiger partial charge < -0.3 is 14.5 Å². The van der Waals surface area contributed by atoms with Crippen LogP contribution in [0.4, 0.5) is 19.3 Å². The lowest BCUT2D eigenvalue weighted by molar-refractivity contribution is 0.0891. The van der Waals surface area contributed by atoms with Crippen LogP contribution in [0.25, 0.3) is 0 Å². The molecular weight excluding hydrogens is 661 g/mol. The number of methoxy groups -OCH3 is 1. The first-order valence-corrected chi connectivity index (χ1v) is 15.0. The number of nitrogens with one attached hydrogen (secondary N) is 1. The van der Waals surface area contributed by atoms with E-state index in [0.717, 1.165) is 47.6 Å². The monoisotopic (exact) mass is 684 g/mol. The molecule has 1 atom stereocenters. The zero-order valence-electron chi connectivity index (χ0n) is 23.3. The summed E-state index contributed by atoms with van der Waals surface area (Å²) in [5.74, 6) is 0.649. The van der Waals surface area contributed by atoms with E-state index in [0.29, 0.717) is 30.2 Å². The van der Waals surface area contributed by atoms with Crippen molar-refractivity contribution in [2.45, 2.75) is 40.6 Å². The van der Waals surface area contributed by atoms with Crippen LogP contribution in [0.5, 0.6) is 5.75 Å². The third-order valence-corrected chi connectivity index (χ3v) is 9.15. The number of amides is 1. The van der Waals surface area contributed by atoms with Gasteiger partial charge >= 0.3 is 11.5 Å². The third-order valence-electron chi connectivity index (χ3n) is 6.89. The van der Waals surface area contributed by atoms with Crippen LogP contribution in [0.2, 0.25) is 10.0 Å². The first kappa shape index (κ1) is 33.6. The molecule has 9 nitrogen and oxygen atoms in total. The number of nitriles is 1. The second kappa shape index (κ2) is 14.2. The molecule has 1 unspecified atom stereocenters. The van der Waals surface area contributed by atoms with Gasteiger partial charge in [0, 0.05) is 28.9 Å². The van der Waals surface area contributed by atoms with Gasteiger partial charge in [-0.2, -0.15) is 14.0 Å². The summed E-state index contributed by atoms with van der Waals surface area (Å²) in [5, 5.41) is 5.75. The predicted molar refractivity (Wildman–Crippen MR) is 164 cm³/mol. The average Bonchev–Trinajstić information content (AvgIpc) is 3.28. The van der Waals surface area contributed by atoms with Crippen molar-refractivity contribution in [1.29, 1.82) is 5.26 Å². The molecule has 0 bridgehead atoms. The first-order valence-electron chi connectivity index (χ1n) is 13.0. The van der Waals surface area contributed by atoms with E-state index < -0.39 is 16.6 Å². The van der Waals surface area contributed by atoms with Gasteiger partial charge in [0.1, 0.15) is 11.4 Å². The van der Waals surface area contributed by atoms with Gasteiger partial charge in [-0.05, 0) is 66.5 Å². The summed E-state index contributed by atoms with van der Waals surface area (Å²) < 4.78 is 37.0. The van der Waals surface area contributed by atoms with Gasteiger partial charge in [-0.25, -0.2) is 4.79 Å². The lowest BCUT2D eigenvalue weighted by Gasteiger charge is -2.28. The van der Waals surface area contributed by atoms with Crippen molar-refractivity contribution < 1.29 is 27.8 Å². The largest absolute Gasteiger partial charge is 0.495 e. The number of aromatic nitrogens is 1. The number of aromatic amines is 1. The van der Waals surface area contributed by atoms with Crippen LogP contribution in [-0.2, 0) is 16.7 Å². The Bertz CT molecular complexity index is 1660. The Balaban J connectivity index is 0.000000201. The minimum absolute atomic E-state index is 0.0240. The lowest BCUT2D eigenvalue weighted by Crippen LogP contribution is -2.38. The summed E-state index contributed by atoms with van der Waals surface area (Å²) in [6.07, 6.45) is 1.19. The molecule has 0 radical (unpaired) electrons. The van der Waals surface area contributed by atoms with E-state index in [1.54, 1.807) is 30.2 Å². The number of hydrogen-bond donors (Lipinski definition) is 1. The van der Waals surface area contributed by atoms with Crippen molar-refractivity contribution in [1.82, 2.24) is 9.88 Å². The van der Waals surface area contributed by atoms with Crippen LogP contribution in [0.3, 0.4) is 0 Å². The number of benzene rings is 2. The molecule has 3 heterocycles. The summed E-state index contributed by atoms with van der Waals surface area (Å²) in [6, 6.07) is 11.9. The van der Waals surface area contributed by atoms with E-state index in [1.165, 1.54) is 0 Å². The van der Waals surface area contributed by atoms with Crippen molar-refractivity contribution in [3.63, 3.8) is 0 Å². The fraction of sp³-hybridized carbons (Fsp3) is 0.310. The molecule has 15 heteroatoms. The van der Waals surface area contributed by atoms with Gasteiger partial charge in [0.15, 0.2) is 6.29 Å². The maximum absolute atomic E-state index is 13.2. The quantitative estimate of drug-likeness (QED) is 0.202. The number of carbonyl (C=O) groups excluding carboxylic acids is 2. The molecule has 2 aliphatic heterocycles. The lowest BCUT2D eigenvalue weighted by atomic mass is 10.0. The van der Waals surface area contributed by atoms with Gasteiger partial charge in [-0.3, -0.25) is 19.4 Å². The molecule has 1 aromatic heterocycles. The fourth-order valence-electron chi connectivity index (χ4n) is 4.77. The number of halogens is 5. The van der Waals surface area contributed by atoms with E-state index in [-0.39, 0.29) is 38.9 Å². The number of alkyl halides is 3. The summed E-state index contributed by atoms with van der Waals surface area (Å²) in [5.41, 5.74) is 0.878. The van der Waals surface area contributed by atoms with Crippen molar-refractivity contribution >= 4 is 64.6 Å². The zero-order valence-corrected chi connectivity index (χ0v) is 26.4. The number of cyclic esters (lactones) is 1. The molecule has 0 saturated carbocycles. The Morgan fingerprint density at radius 2 is 1.95 bits per heavy atom. The molecule has 0 aliphatic carbocycles. The predicted octanol–water partition coefficient (Wildman–Crippen LogP) is 7.38. The highest BCUT2D eigenvalue weighted by Gasteiger charge is 2.32. The van der Waals surface area contributed by atoms with Crippen LogP contribution in [0.1, 0.15) is 46.1 Å². The van der Waals surface area contributed by atoms with Crippen molar-refractivity contribution in [2.24, 2.45) is 0 Å². The maximum Gasteiger partial charge on any atom is 0.414 e. The number of carbonyl (C=O) groups is 2. The summed E-state index contributed by atoms with van der Waals surface area (Å²) in [6.45, 7) is 1.86. The molecule has 2 aromatic carbocycles. The number of nitrogens with zero attached hydrogens (tertiary/aromatic N) is 3. The SMILES string of the molecule is COc1cc2c(cc1N1CCCOC1=O)CN(C)C2CC#N.O=Cc1c(Sc2c(Cl)cccc2Cl)cc(C(F)(F)Cl)[nH]c1=O. The van der Waals surface area contributed by atoms with Gasteiger partial charge in [0.25, 0.3) is 5.56 Å². The molecule has 5 rings (SSSR count). The number of ether oxygens (including phenoxy) is 2. The van der Waals surface area contributed by atoms with E-state index in [1.807, 2.05) is 24.2 Å². The highest BCUT2D eigenvalue weighted by atomic mass is 35.5. The van der Waals surface area contributed by atoms with Crippen molar-refractivity contribution in [2.75, 3.05) is 32.2 Å². The van der Waals surface area contributed by atoms with Crippen LogP contribution in [-0.4, -0.2) is 49.6 Å². The number of hydrogen-bond acceptors (Lipinski definition) is 8. The molecule has 3 aromatic rings. The number of fused-ring (bicyclic) bond motifs is 1. The molecule has 0 spiro atoms. The smallest absolute Gasteiger partial charge is 0.414 e. The topological polar surface area (TPSA) is 116 Å². The number of H-pyrrole nitrogens is 1. The molecule has 1 N–H and O–H groups in total. The Hall–Kier alpha value is -3.34. The van der Waals surface area contributed by atoms with Gasteiger partial charge in [0.05, 0.1) is 47.5 Å². The fourth-order valence-corrected chi connectivity index (χ4v) is 6.48. The Morgan fingerprint density at radius 3 is 2.55 bits per heavy atom. The zero-order chi connectivity index (χ0) is 32.2. The Kier molecular flexibility index (Phi) is 10.8. The molecule has 44 heavy (non-hydrogen) atoms. The molecule has 232 valence electrons. The van der Waals surface area contributed by atoms with Crippen LogP contribution >= 0.6 is 46.6 Å². The summed E-state index contributed by atoms with van der Waals surface area (Å²) in [7, 11) is 3.60. The van der Waals surface area contributed by atoms with E-state index >= 15 is 0 Å². The van der Waals surface area contributed by atoms with Crippen molar-refractivity contribution in [3.8, 4) is 11.8 Å². The second-order valence-corrected chi connectivity index (χ2v) is 12.0. The highest BCUT2D eigenvalue weighted by Crippen LogP contribution is 2.43. The van der Waals surface area contributed by atoms with E-state index in [9.17, 15) is 23.2 Å². The molecule has 1 saturated heterocycles. The van der Waals surface area contributed by atoms with Crippen molar-refractivity contribution in [3.05, 3.63) is 79.2 Å². The molecule has 2 aliphatic rings. The number of anilines is 1. The normalized spacial score (nSPS) is 16.4. The first-order chi connectivity index (χ1) is 20.9. The number of rotatable bonds is 7. The Labute approximate surface area is 270 Å². The third kappa shape index (κ3) is 7.30. The van der Waals surface area contributed by atoms with Gasteiger partial charge in [-0.15, -0.1) is 0 Å². The molecular formula is C29H25Cl3F2N4O5S. The van der Waals surface area contributed by atoms with E-state index in [2.05, 4.69) is 11.0 Å². The average molecular weight is 686 g/mol. The van der Waals surface area contributed by atoms with Crippen LogP contribution in [0.15, 0.2) is 51.0 Å². The highest BCUT2D eigenvalue weighted by molar-refractivity contribution is 7.99. The van der Waals surface area contributed by atoms with Crippen LogP contribution in [0, 0.1) is 11.3 Å². The van der Waals surface area contributed by atoms with E-state index in [4.69, 9.17) is 49.5 Å². The standard InChI is InChI=1S/C16H19N3O3.C13H6Cl3F2NO2S/c1-18-10-11-8-14(19-6-3-7-22-16(19)20)15(21-2)9-12(11)13(18)4-5-17;14-7-2-1-3-8(15)11(7)22-9-4-10(13(16,17)18)19-12(21)6(9)5-20/h8-9,13H,3-4,6-7,10H2,1-2H3;1-5H,(H,19,21). The maximum atomic E-state index is 13.2. The summed E-state index contributed by atoms with van der Waals surface area (Å²) >= 11 is 17.7.